The van der Waals surface area contributed by atoms with Gasteiger partial charge in [-0.25, -0.2) is 13.2 Å². The number of hydrogen-bond donors (Lipinski definition) is 3. The van der Waals surface area contributed by atoms with Crippen molar-refractivity contribution in [3.05, 3.63) is 62.9 Å². The highest BCUT2D eigenvalue weighted by molar-refractivity contribution is 6.31. The Bertz CT molecular complexity index is 1030. The van der Waals surface area contributed by atoms with Crippen LogP contribution in [-0.4, -0.2) is 41.1 Å². The number of rotatable bonds is 6. The summed E-state index contributed by atoms with van der Waals surface area (Å²) in [6.45, 7) is 0.164. The van der Waals surface area contributed by atoms with Gasteiger partial charge in [0.1, 0.15) is 11.9 Å². The molecule has 0 saturated carbocycles. The molecule has 0 radical (unpaired) electrons. The van der Waals surface area contributed by atoms with Crippen LogP contribution < -0.4 is 5.73 Å². The van der Waals surface area contributed by atoms with E-state index < -0.39 is 23.8 Å². The first-order chi connectivity index (χ1) is 15.0. The number of nitrogens with one attached hydrogen (secondary N) is 1. The number of aliphatic hydroxyl groups is 1. The van der Waals surface area contributed by atoms with Gasteiger partial charge in [-0.2, -0.15) is 0 Å². The van der Waals surface area contributed by atoms with E-state index in [-0.39, 0.29) is 65.1 Å². The minimum Gasteiger partial charge on any atom is -0.398 e. The highest BCUT2D eigenvalue weighted by Crippen LogP contribution is 2.44. The van der Waals surface area contributed by atoms with Gasteiger partial charge in [-0.15, -0.1) is 0 Å². The summed E-state index contributed by atoms with van der Waals surface area (Å²) < 4.78 is 43.8. The molecule has 1 unspecified atom stereocenters. The molecule has 1 fully saturated rings. The number of aliphatic hydroxyl groups excluding tert-OH is 1. The van der Waals surface area contributed by atoms with E-state index in [9.17, 15) is 14.3 Å². The Kier molecular flexibility index (Phi) is 7.37. The predicted molar refractivity (Wildman–Crippen MR) is 118 cm³/mol. The number of likely N-dealkylation sites (tertiary alicyclic amines) is 1. The van der Waals surface area contributed by atoms with Gasteiger partial charge in [-0.3, -0.25) is 4.79 Å². The molecule has 4 N–H and O–H groups in total. The third kappa shape index (κ3) is 5.03. The van der Waals surface area contributed by atoms with E-state index in [1.54, 1.807) is 6.07 Å². The molecule has 0 bridgehead atoms. The van der Waals surface area contributed by atoms with Crippen molar-refractivity contribution in [3.63, 3.8) is 0 Å². The number of benzene rings is 2. The van der Waals surface area contributed by atoms with Crippen LogP contribution in [-0.2, 0) is 11.2 Å². The van der Waals surface area contributed by atoms with Gasteiger partial charge in [0, 0.05) is 47.1 Å². The van der Waals surface area contributed by atoms with Crippen molar-refractivity contribution in [2.24, 2.45) is 5.92 Å². The van der Waals surface area contributed by atoms with Crippen molar-refractivity contribution in [1.82, 2.24) is 4.90 Å². The summed E-state index contributed by atoms with van der Waals surface area (Å²) in [6, 6.07) is 6.61. The van der Waals surface area contributed by atoms with E-state index in [1.165, 1.54) is 29.2 Å². The molecule has 1 atom stereocenters. The summed E-state index contributed by atoms with van der Waals surface area (Å²) in [4.78, 5) is 14.0. The highest BCUT2D eigenvalue weighted by Gasteiger charge is 2.48. The average molecular weight is 488 g/mol. The number of nitrogens with two attached hydrogens (primary N) is 1. The first-order valence-corrected chi connectivity index (χ1v) is 10.7. The second-order valence-corrected chi connectivity index (χ2v) is 8.64. The summed E-state index contributed by atoms with van der Waals surface area (Å²) in [5, 5.41) is 17.8. The Morgan fingerprint density at radius 3 is 2.53 bits per heavy atom. The van der Waals surface area contributed by atoms with Crippen molar-refractivity contribution in [2.75, 3.05) is 18.8 Å². The van der Waals surface area contributed by atoms with Crippen LogP contribution in [0.25, 0.3) is 0 Å². The molecule has 32 heavy (non-hydrogen) atoms. The Morgan fingerprint density at radius 2 is 1.94 bits per heavy atom. The zero-order chi connectivity index (χ0) is 23.6. The zero-order valence-corrected chi connectivity index (χ0v) is 18.4. The van der Waals surface area contributed by atoms with Gasteiger partial charge in [0.25, 0.3) is 5.92 Å². The number of halogens is 5. The first kappa shape index (κ1) is 24.4. The van der Waals surface area contributed by atoms with Gasteiger partial charge in [0.05, 0.1) is 11.4 Å². The van der Waals surface area contributed by atoms with Crippen LogP contribution in [0.2, 0.25) is 10.0 Å². The molecule has 1 aliphatic heterocycles. The maximum Gasteiger partial charge on any atom is 0.280 e. The molecule has 0 aliphatic carbocycles. The van der Waals surface area contributed by atoms with Crippen LogP contribution in [0.4, 0.5) is 18.9 Å². The van der Waals surface area contributed by atoms with Crippen LogP contribution in [0.5, 0.6) is 0 Å². The number of carbonyl (C=O) groups excluding carboxylic acids is 1. The fourth-order valence-electron chi connectivity index (χ4n) is 3.89. The van der Waals surface area contributed by atoms with Crippen LogP contribution in [0.3, 0.4) is 0 Å². The lowest BCUT2D eigenvalue weighted by molar-refractivity contribution is -0.164. The normalized spacial score (nSPS) is 16.1. The molecular weight excluding hydrogens is 466 g/mol. The van der Waals surface area contributed by atoms with Gasteiger partial charge in [0.2, 0.25) is 5.91 Å². The van der Waals surface area contributed by atoms with Crippen molar-refractivity contribution in [3.8, 4) is 0 Å². The maximum absolute atomic E-state index is 15.1. The Morgan fingerprint density at radius 1 is 1.28 bits per heavy atom. The van der Waals surface area contributed by atoms with Crippen molar-refractivity contribution in [2.45, 2.75) is 31.3 Å². The minimum absolute atomic E-state index is 0.0251. The van der Waals surface area contributed by atoms with Gasteiger partial charge >= 0.3 is 0 Å². The summed E-state index contributed by atoms with van der Waals surface area (Å²) in [5.74, 6) is -5.64. The summed E-state index contributed by atoms with van der Waals surface area (Å²) >= 11 is 11.6. The van der Waals surface area contributed by atoms with Crippen LogP contribution in [0.1, 0.15) is 35.6 Å². The first-order valence-electron chi connectivity index (χ1n) is 9.91. The van der Waals surface area contributed by atoms with Crippen LogP contribution >= 0.6 is 23.2 Å². The molecule has 10 heteroatoms. The quantitative estimate of drug-likeness (QED) is 0.401. The number of anilines is 1. The van der Waals surface area contributed by atoms with Crippen molar-refractivity contribution >= 4 is 41.0 Å². The summed E-state index contributed by atoms with van der Waals surface area (Å²) in [6.07, 6.45) is -1.44. The van der Waals surface area contributed by atoms with E-state index in [2.05, 4.69) is 0 Å². The molecule has 1 saturated heterocycles. The molecule has 2 aromatic rings. The van der Waals surface area contributed by atoms with Crippen molar-refractivity contribution < 1.29 is 23.1 Å². The van der Waals surface area contributed by atoms with E-state index in [0.29, 0.717) is 5.56 Å². The molecule has 172 valence electrons. The van der Waals surface area contributed by atoms with Gasteiger partial charge in [-0.05, 0) is 42.7 Å². The number of alkyl halides is 2. The standard InChI is InChI=1S/C22H22Cl2F3N3O2/c23-15-9-13(11-28)20(29)16(10-15)21(32)22(26,27)14-3-5-30(6-4-14)19(31)8-12-1-2-17(24)18(25)7-12/h1-2,7,9-11,14,21,28,32H,3-6,8,29H2. The number of piperidine rings is 1. The third-order valence-corrected chi connectivity index (χ3v) is 6.28. The number of hydrogen-bond acceptors (Lipinski definition) is 4. The lowest BCUT2D eigenvalue weighted by atomic mass is 9.84. The average Bonchev–Trinajstić information content (AvgIpc) is 2.77. The predicted octanol–water partition coefficient (Wildman–Crippen LogP) is 4.86. The zero-order valence-electron chi connectivity index (χ0n) is 16.9. The minimum atomic E-state index is -3.52. The van der Waals surface area contributed by atoms with E-state index in [1.807, 2.05) is 0 Å². The molecule has 1 heterocycles. The molecular formula is C22H22Cl2F3N3O2. The molecule has 1 aliphatic rings. The number of nitrogen functional groups attached to an aromatic ring is 1. The molecule has 0 aromatic heterocycles. The Hall–Kier alpha value is -2.29. The molecule has 0 spiro atoms. The molecule has 5 nitrogen and oxygen atoms in total. The van der Waals surface area contributed by atoms with E-state index in [0.717, 1.165) is 6.21 Å². The number of amides is 1. The topological polar surface area (TPSA) is 90.4 Å². The molecule has 2 aromatic carbocycles. The highest BCUT2D eigenvalue weighted by atomic mass is 35.5. The SMILES string of the molecule is N=Cc1cc(Cl)cc(C(O)C(F)(F)C2CCN(C(=O)Cc3ccc(Cl)c(F)c3)CC2)c1N. The molecule has 3 rings (SSSR count). The lowest BCUT2D eigenvalue weighted by Gasteiger charge is -2.38. The summed E-state index contributed by atoms with van der Waals surface area (Å²) in [7, 11) is 0. The fraction of sp³-hybridized carbons (Fsp3) is 0.364. The largest absolute Gasteiger partial charge is 0.398 e. The van der Waals surface area contributed by atoms with Gasteiger partial charge in [0.15, 0.2) is 0 Å². The second kappa shape index (κ2) is 9.68. The fourth-order valence-corrected chi connectivity index (χ4v) is 4.24. The maximum atomic E-state index is 15.1. The third-order valence-electron chi connectivity index (χ3n) is 5.75. The number of nitrogens with zero attached hydrogens (tertiary/aromatic N) is 1. The van der Waals surface area contributed by atoms with E-state index >= 15 is 8.78 Å². The number of carbonyl (C=O) groups is 1. The van der Waals surface area contributed by atoms with E-state index in [4.69, 9.17) is 34.3 Å². The van der Waals surface area contributed by atoms with Gasteiger partial charge in [-0.1, -0.05) is 29.3 Å². The Labute approximate surface area is 193 Å². The molecule has 1 amide bonds. The summed E-state index contributed by atoms with van der Waals surface area (Å²) in [5.41, 5.74) is 6.08. The Balaban J connectivity index is 1.67. The lowest BCUT2D eigenvalue weighted by Crippen LogP contribution is -2.46. The monoisotopic (exact) mass is 487 g/mol. The van der Waals surface area contributed by atoms with Crippen LogP contribution in [0, 0.1) is 17.1 Å². The van der Waals surface area contributed by atoms with Gasteiger partial charge < -0.3 is 21.1 Å². The smallest absolute Gasteiger partial charge is 0.280 e. The van der Waals surface area contributed by atoms with Crippen LogP contribution in [0.15, 0.2) is 30.3 Å². The van der Waals surface area contributed by atoms with Crippen molar-refractivity contribution in [1.29, 1.82) is 5.41 Å². The second-order valence-electron chi connectivity index (χ2n) is 7.80.